The number of carboxylic acids is 1. The van der Waals surface area contributed by atoms with Crippen LogP contribution < -0.4 is 5.32 Å². The van der Waals surface area contributed by atoms with E-state index in [2.05, 4.69) is 10.5 Å². The second-order valence-electron chi connectivity index (χ2n) is 6.72. The number of piperidine rings is 1. The number of carbonyl (C=O) groups is 2. The van der Waals surface area contributed by atoms with Crippen molar-refractivity contribution >= 4 is 39.2 Å². The average Bonchev–Trinajstić information content (AvgIpc) is 3.05. The number of nitrogens with zero attached hydrogens (tertiary/aromatic N) is 2. The Labute approximate surface area is 167 Å². The van der Waals surface area contributed by atoms with Crippen LogP contribution in [0, 0.1) is 0 Å². The average molecular weight is 430 g/mol. The van der Waals surface area contributed by atoms with Gasteiger partial charge in [0, 0.05) is 38.9 Å². The highest BCUT2D eigenvalue weighted by Crippen LogP contribution is 2.37. The molecule has 2 aliphatic rings. The van der Waals surface area contributed by atoms with Crippen LogP contribution in [-0.4, -0.2) is 60.7 Å². The Morgan fingerprint density at radius 1 is 1.29 bits per heavy atom. The number of carboxylic acid groups (broad SMARTS) is 1. The van der Waals surface area contributed by atoms with Gasteiger partial charge in [0.2, 0.25) is 10.0 Å². The zero-order valence-electron chi connectivity index (χ0n) is 14.9. The SMILES string of the molecule is O=C(O)CCNC(=O)C1=NOC2(CCN(S(=O)(=O)c3ccccc3Cl)CC2)C1. The molecule has 2 heterocycles. The summed E-state index contributed by atoms with van der Waals surface area (Å²) in [5.74, 6) is -1.47. The monoisotopic (exact) mass is 429 g/mol. The second-order valence-corrected chi connectivity index (χ2v) is 9.04. The molecule has 152 valence electrons. The van der Waals surface area contributed by atoms with E-state index in [9.17, 15) is 18.0 Å². The van der Waals surface area contributed by atoms with Crippen molar-refractivity contribution in [3.63, 3.8) is 0 Å². The molecule has 0 radical (unpaired) electrons. The van der Waals surface area contributed by atoms with Crippen LogP contribution in [-0.2, 0) is 24.4 Å². The van der Waals surface area contributed by atoms with Gasteiger partial charge in [-0.3, -0.25) is 9.59 Å². The molecule has 0 aliphatic carbocycles. The van der Waals surface area contributed by atoms with Crippen molar-refractivity contribution in [1.29, 1.82) is 0 Å². The highest BCUT2D eigenvalue weighted by atomic mass is 35.5. The zero-order chi connectivity index (χ0) is 20.4. The fourth-order valence-corrected chi connectivity index (χ4v) is 5.16. The molecule has 1 spiro atoms. The largest absolute Gasteiger partial charge is 0.481 e. The van der Waals surface area contributed by atoms with E-state index >= 15 is 0 Å². The number of amides is 1. The van der Waals surface area contributed by atoms with Crippen LogP contribution >= 0.6 is 11.6 Å². The number of oxime groups is 1. The second kappa shape index (κ2) is 8.06. The van der Waals surface area contributed by atoms with Crippen molar-refractivity contribution in [3.8, 4) is 0 Å². The highest BCUT2D eigenvalue weighted by molar-refractivity contribution is 7.89. The molecule has 0 bridgehead atoms. The summed E-state index contributed by atoms with van der Waals surface area (Å²) < 4.78 is 27.0. The van der Waals surface area contributed by atoms with E-state index in [0.29, 0.717) is 12.8 Å². The lowest BCUT2D eigenvalue weighted by atomic mass is 9.87. The lowest BCUT2D eigenvalue weighted by molar-refractivity contribution is -0.136. The third-order valence-corrected chi connectivity index (χ3v) is 7.21. The van der Waals surface area contributed by atoms with Gasteiger partial charge in [0.25, 0.3) is 5.91 Å². The molecule has 0 saturated carbocycles. The molecule has 0 unspecified atom stereocenters. The minimum atomic E-state index is -3.72. The van der Waals surface area contributed by atoms with E-state index in [1.807, 2.05) is 0 Å². The number of hydrogen-bond acceptors (Lipinski definition) is 6. The maximum Gasteiger partial charge on any atom is 0.305 e. The Morgan fingerprint density at radius 3 is 2.61 bits per heavy atom. The molecule has 0 atom stereocenters. The standard InChI is InChI=1S/C17H20ClN3O6S/c18-12-3-1-2-4-14(12)28(25,26)21-9-6-17(7-10-21)11-13(20-27-17)16(24)19-8-5-15(22)23/h1-4H,5-11H2,(H,19,24)(H,22,23). The van der Waals surface area contributed by atoms with Gasteiger partial charge in [0.1, 0.15) is 16.2 Å². The molecule has 1 amide bonds. The number of halogens is 1. The number of hydrogen-bond donors (Lipinski definition) is 2. The molecule has 28 heavy (non-hydrogen) atoms. The number of sulfonamides is 1. The van der Waals surface area contributed by atoms with Gasteiger partial charge < -0.3 is 15.3 Å². The summed E-state index contributed by atoms with van der Waals surface area (Å²) in [5, 5.41) is 15.1. The fraction of sp³-hybridized carbons (Fsp3) is 0.471. The van der Waals surface area contributed by atoms with E-state index < -0.39 is 27.5 Å². The molecule has 0 aromatic heterocycles. The summed E-state index contributed by atoms with van der Waals surface area (Å²) in [6.45, 7) is 0.442. The van der Waals surface area contributed by atoms with E-state index in [-0.39, 0.29) is 48.1 Å². The normalized spacial score (nSPS) is 19.1. The molecular weight excluding hydrogens is 410 g/mol. The summed E-state index contributed by atoms with van der Waals surface area (Å²) in [5.41, 5.74) is -0.529. The van der Waals surface area contributed by atoms with E-state index in [1.165, 1.54) is 16.4 Å². The maximum absolute atomic E-state index is 12.8. The van der Waals surface area contributed by atoms with Gasteiger partial charge >= 0.3 is 5.97 Å². The number of nitrogens with one attached hydrogen (secondary N) is 1. The number of benzene rings is 1. The van der Waals surface area contributed by atoms with Crippen LogP contribution in [0.5, 0.6) is 0 Å². The Balaban J connectivity index is 1.58. The molecular formula is C17H20ClN3O6S. The molecule has 1 aromatic carbocycles. The Kier molecular flexibility index (Phi) is 5.92. The third kappa shape index (κ3) is 4.29. The lowest BCUT2D eigenvalue weighted by Gasteiger charge is -2.36. The van der Waals surface area contributed by atoms with Crippen LogP contribution in [0.4, 0.5) is 0 Å². The number of carbonyl (C=O) groups excluding carboxylic acids is 1. The summed E-state index contributed by atoms with van der Waals surface area (Å²) in [7, 11) is -3.72. The van der Waals surface area contributed by atoms with Gasteiger partial charge in [-0.25, -0.2) is 8.42 Å². The van der Waals surface area contributed by atoms with E-state index in [4.69, 9.17) is 21.5 Å². The number of aliphatic carboxylic acids is 1. The van der Waals surface area contributed by atoms with Crippen molar-refractivity contribution in [2.75, 3.05) is 19.6 Å². The predicted molar refractivity (Wildman–Crippen MR) is 101 cm³/mol. The van der Waals surface area contributed by atoms with Crippen LogP contribution in [0.3, 0.4) is 0 Å². The van der Waals surface area contributed by atoms with Crippen LogP contribution in [0.25, 0.3) is 0 Å². The molecule has 2 N–H and O–H groups in total. The summed E-state index contributed by atoms with van der Waals surface area (Å²) in [6.07, 6.45) is 0.837. The van der Waals surface area contributed by atoms with E-state index in [1.54, 1.807) is 12.1 Å². The van der Waals surface area contributed by atoms with Crippen LogP contribution in [0.15, 0.2) is 34.3 Å². The van der Waals surface area contributed by atoms with Gasteiger partial charge in [-0.2, -0.15) is 4.31 Å². The Morgan fingerprint density at radius 2 is 1.96 bits per heavy atom. The van der Waals surface area contributed by atoms with Crippen LogP contribution in [0.1, 0.15) is 25.7 Å². The first-order chi connectivity index (χ1) is 13.2. The first-order valence-electron chi connectivity index (χ1n) is 8.73. The van der Waals surface area contributed by atoms with Crippen molar-refractivity contribution in [1.82, 2.24) is 9.62 Å². The maximum atomic E-state index is 12.8. The smallest absolute Gasteiger partial charge is 0.305 e. The molecule has 2 aliphatic heterocycles. The quantitative estimate of drug-likeness (QED) is 0.700. The summed E-state index contributed by atoms with van der Waals surface area (Å²) >= 11 is 6.03. The first kappa shape index (κ1) is 20.6. The zero-order valence-corrected chi connectivity index (χ0v) is 16.5. The van der Waals surface area contributed by atoms with Crippen molar-refractivity contribution in [2.45, 2.75) is 36.2 Å². The van der Waals surface area contributed by atoms with Gasteiger partial charge in [-0.05, 0) is 12.1 Å². The molecule has 9 nitrogen and oxygen atoms in total. The van der Waals surface area contributed by atoms with Crippen molar-refractivity contribution in [2.24, 2.45) is 5.16 Å². The minimum absolute atomic E-state index is 0.00401. The van der Waals surface area contributed by atoms with Crippen molar-refractivity contribution < 1.29 is 28.0 Å². The molecule has 3 rings (SSSR count). The van der Waals surface area contributed by atoms with Gasteiger partial charge in [-0.15, -0.1) is 0 Å². The topological polar surface area (TPSA) is 125 Å². The molecule has 11 heteroatoms. The molecule has 1 fully saturated rings. The summed E-state index contributed by atoms with van der Waals surface area (Å²) in [4.78, 5) is 28.1. The van der Waals surface area contributed by atoms with Gasteiger partial charge in [-0.1, -0.05) is 28.9 Å². The van der Waals surface area contributed by atoms with Gasteiger partial charge in [0.05, 0.1) is 11.4 Å². The minimum Gasteiger partial charge on any atom is -0.481 e. The first-order valence-corrected chi connectivity index (χ1v) is 10.6. The Hall–Kier alpha value is -2.17. The predicted octanol–water partition coefficient (Wildman–Crippen LogP) is 1.23. The number of rotatable bonds is 6. The lowest BCUT2D eigenvalue weighted by Crippen LogP contribution is -2.47. The summed E-state index contributed by atoms with van der Waals surface area (Å²) in [6, 6.07) is 6.28. The third-order valence-electron chi connectivity index (χ3n) is 4.81. The highest BCUT2D eigenvalue weighted by Gasteiger charge is 2.46. The molecule has 1 aromatic rings. The molecule has 1 saturated heterocycles. The van der Waals surface area contributed by atoms with Crippen molar-refractivity contribution in [3.05, 3.63) is 29.3 Å². The Bertz CT molecular complexity index is 909. The van der Waals surface area contributed by atoms with Gasteiger partial charge in [0.15, 0.2) is 0 Å². The van der Waals surface area contributed by atoms with E-state index in [0.717, 1.165) is 0 Å². The fourth-order valence-electron chi connectivity index (χ4n) is 3.22. The van der Waals surface area contributed by atoms with Crippen LogP contribution in [0.2, 0.25) is 5.02 Å².